The number of hydrogen-bond acceptors (Lipinski definition) is 8. The molecular formula is C42H31ClN4O5. The van der Waals surface area contributed by atoms with Crippen molar-refractivity contribution in [2.75, 3.05) is 10.6 Å². The summed E-state index contributed by atoms with van der Waals surface area (Å²) in [7, 11) is 0. The van der Waals surface area contributed by atoms with Gasteiger partial charge in [-0.05, 0) is 74.0 Å². The molecule has 1 aliphatic carbocycles. The Bertz CT molecular complexity index is 2740. The zero-order valence-electron chi connectivity index (χ0n) is 28.1. The number of halogens is 1. The lowest BCUT2D eigenvalue weighted by molar-refractivity contribution is 0.0697. The second-order valence-corrected chi connectivity index (χ2v) is 13.1. The van der Waals surface area contributed by atoms with Crippen LogP contribution in [0, 0.1) is 13.8 Å². The summed E-state index contributed by atoms with van der Waals surface area (Å²) in [6.45, 7) is 4.08. The smallest absolute Gasteiger partial charge is 0.335 e. The molecule has 4 N–H and O–H groups in total. The van der Waals surface area contributed by atoms with Crippen LogP contribution in [-0.2, 0) is 13.1 Å². The van der Waals surface area contributed by atoms with Crippen molar-refractivity contribution in [2.24, 2.45) is 0 Å². The molecule has 0 bridgehead atoms. The third-order valence-corrected chi connectivity index (χ3v) is 9.59. The number of benzene rings is 5. The van der Waals surface area contributed by atoms with E-state index in [1.54, 1.807) is 30.3 Å². The number of hydrogen-bond donors (Lipinski definition) is 4. The summed E-state index contributed by atoms with van der Waals surface area (Å²) < 4.78 is 6.72. The fraction of sp³-hybridized carbons (Fsp3) is 0.0952. The maximum atomic E-state index is 13.9. The van der Waals surface area contributed by atoms with E-state index in [-0.39, 0.29) is 40.7 Å². The van der Waals surface area contributed by atoms with Crippen molar-refractivity contribution in [3.63, 3.8) is 0 Å². The number of phenolic OH excluding ortho intramolecular Hbond substituents is 1. The highest BCUT2D eigenvalue weighted by Gasteiger charge is 2.26. The number of aromatic carboxylic acids is 1. The number of nitrogens with one attached hydrogen (secondary N) is 2. The summed E-state index contributed by atoms with van der Waals surface area (Å²) in [5.41, 5.74) is 7.53. The number of aryl methyl sites for hydroxylation is 2. The monoisotopic (exact) mass is 706 g/mol. The maximum Gasteiger partial charge on any atom is 0.335 e. The second kappa shape index (κ2) is 13.0. The lowest BCUT2D eigenvalue weighted by atomic mass is 9.90. The van der Waals surface area contributed by atoms with Crippen LogP contribution < -0.4 is 16.1 Å². The number of carbonyl (C=O) groups is 1. The minimum Gasteiger partial charge on any atom is -0.507 e. The van der Waals surface area contributed by atoms with Gasteiger partial charge in [0.1, 0.15) is 17.1 Å². The van der Waals surface area contributed by atoms with Crippen LogP contribution in [0.1, 0.15) is 32.9 Å². The normalized spacial score (nSPS) is 11.4. The number of phenols is 1. The Morgan fingerprint density at radius 1 is 0.769 bits per heavy atom. The summed E-state index contributed by atoms with van der Waals surface area (Å²) in [4.78, 5) is 35.1. The van der Waals surface area contributed by atoms with E-state index in [2.05, 4.69) is 10.6 Å². The number of carboxylic acid groups (broad SMARTS) is 1. The molecule has 2 aliphatic rings. The van der Waals surface area contributed by atoms with Crippen molar-refractivity contribution in [2.45, 2.75) is 26.9 Å². The highest BCUT2D eigenvalue weighted by Crippen LogP contribution is 2.45. The molecule has 0 saturated carbocycles. The van der Waals surface area contributed by atoms with E-state index in [0.29, 0.717) is 33.2 Å². The van der Waals surface area contributed by atoms with Crippen LogP contribution in [0.15, 0.2) is 112 Å². The van der Waals surface area contributed by atoms with E-state index >= 15 is 0 Å². The summed E-state index contributed by atoms with van der Waals surface area (Å²) in [6, 6.07) is 31.0. The van der Waals surface area contributed by atoms with Crippen molar-refractivity contribution in [3.05, 3.63) is 146 Å². The molecule has 0 amide bonds. The molecule has 6 aromatic rings. The SMILES string of the molecule is Cc1ccc2cccc(NCc3c4oc5c(CNc6cccc7ccc(C)nc67)c(O)ccc5c(-c5ccc(C(=O)O)cc5)c-4cc(Cl)c3=O)c2n1. The Hall–Kier alpha value is -6.45. The van der Waals surface area contributed by atoms with Crippen LogP contribution in [0.5, 0.6) is 5.75 Å². The molecule has 256 valence electrons. The average molecular weight is 707 g/mol. The standard InChI is InChI=1S/C42H31ClN4O5/c1-22-9-11-25-5-3-7-33(37(25)46-22)44-20-30-35(48)18-17-28-36(24-13-15-27(16-14-24)42(50)51)29-19-32(43)39(49)31(41(29)52-40(28)30)21-45-34-8-4-6-26-12-10-23(2)47-38(26)34/h3-19,44-45,48H,20-21H2,1-2H3,(H,50,51). The number of pyridine rings is 2. The van der Waals surface area contributed by atoms with Crippen molar-refractivity contribution >= 4 is 61.7 Å². The third kappa shape index (κ3) is 5.80. The lowest BCUT2D eigenvalue weighted by Gasteiger charge is -2.21. The number of aromatic hydroxyl groups is 1. The van der Waals surface area contributed by atoms with Gasteiger partial charge in [0, 0.05) is 51.8 Å². The molecule has 9 nitrogen and oxygen atoms in total. The molecule has 2 aromatic heterocycles. The maximum absolute atomic E-state index is 13.9. The van der Waals surface area contributed by atoms with Gasteiger partial charge in [-0.25, -0.2) is 4.79 Å². The van der Waals surface area contributed by atoms with E-state index in [1.165, 1.54) is 12.1 Å². The minimum absolute atomic E-state index is 0.00663. The van der Waals surface area contributed by atoms with Gasteiger partial charge in [-0.15, -0.1) is 0 Å². The summed E-state index contributed by atoms with van der Waals surface area (Å²) >= 11 is 6.67. The van der Waals surface area contributed by atoms with Crippen molar-refractivity contribution in [3.8, 4) is 28.2 Å². The van der Waals surface area contributed by atoms with Gasteiger partial charge in [-0.1, -0.05) is 60.1 Å². The Morgan fingerprint density at radius 3 is 1.96 bits per heavy atom. The van der Waals surface area contributed by atoms with Gasteiger partial charge in [0.05, 0.1) is 44.1 Å². The molecule has 8 rings (SSSR count). The number of rotatable bonds is 8. The zero-order chi connectivity index (χ0) is 36.1. The number of para-hydroxylation sites is 2. The topological polar surface area (TPSA) is 138 Å². The number of anilines is 2. The molecular weight excluding hydrogens is 676 g/mol. The van der Waals surface area contributed by atoms with Crippen LogP contribution in [-0.4, -0.2) is 26.2 Å². The quantitative estimate of drug-likeness (QED) is 0.114. The Kier molecular flexibility index (Phi) is 8.20. The van der Waals surface area contributed by atoms with Crippen LogP contribution >= 0.6 is 11.6 Å². The molecule has 0 radical (unpaired) electrons. The van der Waals surface area contributed by atoms with Crippen molar-refractivity contribution in [1.29, 1.82) is 0 Å². The van der Waals surface area contributed by atoms with Crippen LogP contribution in [0.25, 0.3) is 55.2 Å². The van der Waals surface area contributed by atoms with Crippen LogP contribution in [0.3, 0.4) is 0 Å². The molecule has 0 saturated heterocycles. The first-order valence-corrected chi connectivity index (χ1v) is 17.0. The van der Waals surface area contributed by atoms with Crippen LogP contribution in [0.4, 0.5) is 11.4 Å². The Morgan fingerprint density at radius 2 is 1.37 bits per heavy atom. The zero-order valence-corrected chi connectivity index (χ0v) is 28.9. The molecule has 1 aliphatic heterocycles. The molecule has 0 spiro atoms. The first-order valence-electron chi connectivity index (χ1n) is 16.6. The van der Waals surface area contributed by atoms with Gasteiger partial charge >= 0.3 is 5.97 Å². The number of aromatic nitrogens is 2. The van der Waals surface area contributed by atoms with E-state index in [4.69, 9.17) is 26.0 Å². The summed E-state index contributed by atoms with van der Waals surface area (Å²) in [5.74, 6) is -0.774. The first kappa shape index (κ1) is 32.7. The summed E-state index contributed by atoms with van der Waals surface area (Å²) in [5, 5.41) is 30.3. The molecule has 4 aromatic carbocycles. The number of fused-ring (bicyclic) bond motifs is 4. The molecule has 10 heteroatoms. The molecule has 0 atom stereocenters. The average Bonchev–Trinajstić information content (AvgIpc) is 3.14. The van der Waals surface area contributed by atoms with E-state index in [0.717, 1.165) is 44.6 Å². The Labute approximate surface area is 302 Å². The fourth-order valence-electron chi connectivity index (χ4n) is 6.71. The van der Waals surface area contributed by atoms with E-state index < -0.39 is 11.4 Å². The third-order valence-electron chi connectivity index (χ3n) is 9.31. The highest BCUT2D eigenvalue weighted by atomic mass is 35.5. The second-order valence-electron chi connectivity index (χ2n) is 12.7. The lowest BCUT2D eigenvalue weighted by Crippen LogP contribution is -2.16. The van der Waals surface area contributed by atoms with Gasteiger partial charge in [-0.3, -0.25) is 14.8 Å². The largest absolute Gasteiger partial charge is 0.507 e. The predicted octanol–water partition coefficient (Wildman–Crippen LogP) is 9.56. The Balaban J connectivity index is 1.32. The van der Waals surface area contributed by atoms with Gasteiger partial charge in [0.2, 0.25) is 5.43 Å². The highest BCUT2D eigenvalue weighted by molar-refractivity contribution is 6.31. The van der Waals surface area contributed by atoms with Gasteiger partial charge in [-0.2, -0.15) is 0 Å². The van der Waals surface area contributed by atoms with Gasteiger partial charge in [0.15, 0.2) is 0 Å². The first-order chi connectivity index (χ1) is 25.2. The van der Waals surface area contributed by atoms with E-state index in [1.807, 2.05) is 74.5 Å². The molecule has 52 heavy (non-hydrogen) atoms. The molecule has 0 unspecified atom stereocenters. The summed E-state index contributed by atoms with van der Waals surface area (Å²) in [6.07, 6.45) is 0. The molecule has 0 fully saturated rings. The van der Waals surface area contributed by atoms with E-state index in [9.17, 15) is 19.8 Å². The van der Waals surface area contributed by atoms with Gasteiger partial charge in [0.25, 0.3) is 0 Å². The minimum atomic E-state index is -1.05. The fourth-order valence-corrected chi connectivity index (χ4v) is 6.93. The van der Waals surface area contributed by atoms with Crippen molar-refractivity contribution in [1.82, 2.24) is 9.97 Å². The number of nitrogens with zero attached hydrogens (tertiary/aromatic N) is 2. The van der Waals surface area contributed by atoms with Gasteiger partial charge < -0.3 is 25.3 Å². The number of carboxylic acids is 1. The van der Waals surface area contributed by atoms with Crippen LogP contribution in [0.2, 0.25) is 5.02 Å². The molecule has 3 heterocycles. The van der Waals surface area contributed by atoms with Crippen molar-refractivity contribution < 1.29 is 19.4 Å². The predicted molar refractivity (Wildman–Crippen MR) is 206 cm³/mol.